The lowest BCUT2D eigenvalue weighted by molar-refractivity contribution is -0.117. The Bertz CT molecular complexity index is 924. The van der Waals surface area contributed by atoms with Crippen molar-refractivity contribution < 1.29 is 18.3 Å². The number of ether oxygens (including phenoxy) is 1. The second-order valence-corrected chi connectivity index (χ2v) is 6.07. The summed E-state index contributed by atoms with van der Waals surface area (Å²) in [7, 11) is 0. The summed E-state index contributed by atoms with van der Waals surface area (Å²) in [6.45, 7) is 1.81. The number of alkyl halides is 3. The van der Waals surface area contributed by atoms with Crippen LogP contribution in [-0.2, 0) is 11.3 Å². The molecule has 0 aliphatic carbocycles. The lowest BCUT2D eigenvalue weighted by Crippen LogP contribution is -2.20. The van der Waals surface area contributed by atoms with E-state index in [9.17, 15) is 13.6 Å². The van der Waals surface area contributed by atoms with Gasteiger partial charge in [-0.3, -0.25) is 4.79 Å². The zero-order valence-electron chi connectivity index (χ0n) is 14.1. The topological polar surface area (TPSA) is 81.9 Å². The SMILES string of the molecule is Cc1ccc(-c2nnn(CC(=O)Nc3ccc(OC(F)(F)Cl)cc3)n2)cc1. The quantitative estimate of drug-likeness (QED) is 0.648. The second kappa shape index (κ2) is 7.67. The lowest BCUT2D eigenvalue weighted by Gasteiger charge is -2.11. The molecular weight excluding hydrogens is 380 g/mol. The molecule has 1 amide bonds. The highest BCUT2D eigenvalue weighted by atomic mass is 35.5. The van der Waals surface area contributed by atoms with E-state index in [4.69, 9.17) is 0 Å². The van der Waals surface area contributed by atoms with E-state index < -0.39 is 11.5 Å². The zero-order valence-corrected chi connectivity index (χ0v) is 14.8. The van der Waals surface area contributed by atoms with E-state index in [1.807, 2.05) is 31.2 Å². The van der Waals surface area contributed by atoms with Gasteiger partial charge in [-0.05, 0) is 36.4 Å². The average Bonchev–Trinajstić information content (AvgIpc) is 3.04. The average molecular weight is 394 g/mol. The summed E-state index contributed by atoms with van der Waals surface area (Å²) in [6, 6.07) is 12.9. The third kappa shape index (κ3) is 5.45. The number of carbonyl (C=O) groups excluding carboxylic acids is 1. The van der Waals surface area contributed by atoms with Crippen molar-refractivity contribution in [2.75, 3.05) is 5.32 Å². The van der Waals surface area contributed by atoms with Crippen LogP contribution in [0.15, 0.2) is 48.5 Å². The number of nitrogens with one attached hydrogen (secondary N) is 1. The Kier molecular flexibility index (Phi) is 5.31. The van der Waals surface area contributed by atoms with E-state index in [2.05, 4.69) is 37.1 Å². The van der Waals surface area contributed by atoms with E-state index in [-0.39, 0.29) is 12.3 Å². The summed E-state index contributed by atoms with van der Waals surface area (Å²) in [4.78, 5) is 13.2. The maximum absolute atomic E-state index is 12.6. The molecule has 0 saturated heterocycles. The van der Waals surface area contributed by atoms with Gasteiger partial charge in [0, 0.05) is 22.9 Å². The number of anilines is 1. The molecule has 140 valence electrons. The molecule has 1 aromatic heterocycles. The number of carbonyl (C=O) groups is 1. The Morgan fingerprint density at radius 2 is 1.85 bits per heavy atom. The first-order valence-corrected chi connectivity index (χ1v) is 8.17. The van der Waals surface area contributed by atoms with E-state index >= 15 is 0 Å². The van der Waals surface area contributed by atoms with Crippen LogP contribution < -0.4 is 10.1 Å². The van der Waals surface area contributed by atoms with Gasteiger partial charge in [0.1, 0.15) is 12.3 Å². The largest absolute Gasteiger partial charge is 0.487 e. The minimum absolute atomic E-state index is 0.131. The molecule has 0 unspecified atom stereocenters. The predicted octanol–water partition coefficient (Wildman–Crippen LogP) is 3.46. The van der Waals surface area contributed by atoms with Gasteiger partial charge in [-0.1, -0.05) is 29.8 Å². The highest BCUT2D eigenvalue weighted by Gasteiger charge is 2.27. The number of rotatable bonds is 6. The molecule has 3 rings (SSSR count). The molecule has 2 aromatic carbocycles. The molecule has 27 heavy (non-hydrogen) atoms. The summed E-state index contributed by atoms with van der Waals surface area (Å²) in [6.07, 6.45) is 0. The number of aromatic nitrogens is 4. The summed E-state index contributed by atoms with van der Waals surface area (Å²) in [5.41, 5.74) is -1.50. The van der Waals surface area contributed by atoms with E-state index in [0.29, 0.717) is 11.5 Å². The van der Waals surface area contributed by atoms with Crippen LogP contribution >= 0.6 is 11.6 Å². The van der Waals surface area contributed by atoms with Gasteiger partial charge in [0.2, 0.25) is 11.7 Å². The van der Waals surface area contributed by atoms with Crippen LogP contribution in [0.1, 0.15) is 5.56 Å². The highest BCUT2D eigenvalue weighted by Crippen LogP contribution is 2.25. The van der Waals surface area contributed by atoms with Gasteiger partial charge in [0.15, 0.2) is 0 Å². The van der Waals surface area contributed by atoms with Gasteiger partial charge < -0.3 is 10.1 Å². The van der Waals surface area contributed by atoms with Crippen molar-refractivity contribution >= 4 is 23.2 Å². The first kappa shape index (κ1) is 18.7. The van der Waals surface area contributed by atoms with Gasteiger partial charge in [0.25, 0.3) is 0 Å². The van der Waals surface area contributed by atoms with Gasteiger partial charge in [-0.15, -0.1) is 19.0 Å². The van der Waals surface area contributed by atoms with Crippen molar-refractivity contribution in [3.05, 3.63) is 54.1 Å². The number of hydrogen-bond donors (Lipinski definition) is 1. The second-order valence-electron chi connectivity index (χ2n) is 5.63. The Morgan fingerprint density at radius 3 is 2.48 bits per heavy atom. The fourth-order valence-electron chi connectivity index (χ4n) is 2.20. The van der Waals surface area contributed by atoms with Crippen LogP contribution in [-0.4, -0.2) is 31.7 Å². The summed E-state index contributed by atoms with van der Waals surface area (Å²) >= 11 is 4.69. The van der Waals surface area contributed by atoms with Crippen LogP contribution in [0.4, 0.5) is 14.5 Å². The van der Waals surface area contributed by atoms with E-state index in [0.717, 1.165) is 15.9 Å². The van der Waals surface area contributed by atoms with Crippen molar-refractivity contribution in [3.63, 3.8) is 0 Å². The van der Waals surface area contributed by atoms with Gasteiger partial charge in [-0.25, -0.2) is 0 Å². The molecule has 0 fully saturated rings. The van der Waals surface area contributed by atoms with Crippen LogP contribution in [0, 0.1) is 6.92 Å². The first-order chi connectivity index (χ1) is 12.8. The van der Waals surface area contributed by atoms with Gasteiger partial charge in [-0.2, -0.15) is 4.80 Å². The van der Waals surface area contributed by atoms with Crippen LogP contribution in [0.3, 0.4) is 0 Å². The van der Waals surface area contributed by atoms with Crippen molar-refractivity contribution in [2.24, 2.45) is 0 Å². The molecule has 0 saturated carbocycles. The number of halogens is 3. The Balaban J connectivity index is 1.59. The molecule has 7 nitrogen and oxygen atoms in total. The monoisotopic (exact) mass is 393 g/mol. The standard InChI is InChI=1S/C17H14ClF2N5O2/c1-11-2-4-12(5-3-11)16-22-24-25(23-16)10-15(26)21-13-6-8-14(9-7-13)27-17(18,19)20/h2-9H,10H2,1H3,(H,21,26). The molecular formula is C17H14ClF2N5O2. The molecule has 10 heteroatoms. The Labute approximate surface area is 157 Å². The zero-order chi connectivity index (χ0) is 19.4. The molecule has 0 aliphatic rings. The first-order valence-electron chi connectivity index (χ1n) is 7.79. The number of aryl methyl sites for hydroxylation is 1. The Hall–Kier alpha value is -3.07. The number of nitrogens with zero attached hydrogens (tertiary/aromatic N) is 4. The van der Waals surface area contributed by atoms with Crippen molar-refractivity contribution in [3.8, 4) is 17.1 Å². The molecule has 0 bridgehead atoms. The minimum Gasteiger partial charge on any atom is -0.420 e. The maximum atomic E-state index is 12.6. The molecule has 0 spiro atoms. The number of tetrazole rings is 1. The third-order valence-corrected chi connectivity index (χ3v) is 3.50. The maximum Gasteiger partial charge on any atom is 0.487 e. The molecule has 0 atom stereocenters. The number of benzene rings is 2. The molecule has 1 heterocycles. The molecule has 0 radical (unpaired) electrons. The van der Waals surface area contributed by atoms with Crippen molar-refractivity contribution in [1.82, 2.24) is 20.2 Å². The fraction of sp³-hybridized carbons (Fsp3) is 0.176. The fourth-order valence-corrected chi connectivity index (χ4v) is 2.29. The van der Waals surface area contributed by atoms with Crippen LogP contribution in [0.5, 0.6) is 5.75 Å². The molecule has 3 aromatic rings. The third-order valence-electron chi connectivity index (χ3n) is 3.42. The molecule has 0 aliphatic heterocycles. The predicted molar refractivity (Wildman–Crippen MR) is 94.5 cm³/mol. The van der Waals surface area contributed by atoms with E-state index in [1.165, 1.54) is 24.3 Å². The van der Waals surface area contributed by atoms with Crippen LogP contribution in [0.2, 0.25) is 0 Å². The van der Waals surface area contributed by atoms with Crippen LogP contribution in [0.25, 0.3) is 11.4 Å². The molecule has 1 N–H and O–H groups in total. The van der Waals surface area contributed by atoms with Gasteiger partial charge in [0.05, 0.1) is 0 Å². The Morgan fingerprint density at radius 1 is 1.19 bits per heavy atom. The minimum atomic E-state index is -3.79. The number of hydrogen-bond acceptors (Lipinski definition) is 5. The van der Waals surface area contributed by atoms with Crippen molar-refractivity contribution in [2.45, 2.75) is 19.0 Å². The smallest absolute Gasteiger partial charge is 0.420 e. The summed E-state index contributed by atoms with van der Waals surface area (Å²) in [5, 5.41) is 14.5. The lowest BCUT2D eigenvalue weighted by atomic mass is 10.1. The summed E-state index contributed by atoms with van der Waals surface area (Å²) < 4.78 is 29.3. The van der Waals surface area contributed by atoms with Gasteiger partial charge >= 0.3 is 5.57 Å². The normalized spacial score (nSPS) is 11.3. The summed E-state index contributed by atoms with van der Waals surface area (Å²) in [5.74, 6) is -0.126. The van der Waals surface area contributed by atoms with E-state index in [1.54, 1.807) is 0 Å². The highest BCUT2D eigenvalue weighted by molar-refractivity contribution is 6.20. The van der Waals surface area contributed by atoms with Crippen molar-refractivity contribution in [1.29, 1.82) is 0 Å². The number of amides is 1.